The highest BCUT2D eigenvalue weighted by molar-refractivity contribution is 7.93. The van der Waals surface area contributed by atoms with Gasteiger partial charge in [-0.05, 0) is 30.4 Å². The topological polar surface area (TPSA) is 46.6 Å². The first-order valence-corrected chi connectivity index (χ1v) is 8.28. The molecule has 2 heterocycles. The van der Waals surface area contributed by atoms with Crippen molar-refractivity contribution in [3.05, 3.63) is 36.4 Å². The third-order valence-corrected chi connectivity index (χ3v) is 5.90. The van der Waals surface area contributed by atoms with Crippen LogP contribution in [0, 0.1) is 0 Å². The van der Waals surface area contributed by atoms with E-state index in [-0.39, 0.29) is 6.10 Å². The molecule has 2 aliphatic rings. The number of nitrogens with zero attached hydrogens (tertiary/aromatic N) is 1. The van der Waals surface area contributed by atoms with Crippen molar-refractivity contribution in [1.29, 1.82) is 0 Å². The highest BCUT2D eigenvalue weighted by Gasteiger charge is 2.37. The summed E-state index contributed by atoms with van der Waals surface area (Å²) >= 11 is 0. The molecule has 0 unspecified atom stereocenters. The van der Waals surface area contributed by atoms with Crippen LogP contribution < -0.4 is 4.31 Å². The summed E-state index contributed by atoms with van der Waals surface area (Å²) in [6.07, 6.45) is 1.95. The van der Waals surface area contributed by atoms with Crippen LogP contribution in [0.15, 0.2) is 41.3 Å². The van der Waals surface area contributed by atoms with Gasteiger partial charge in [-0.25, -0.2) is 8.42 Å². The van der Waals surface area contributed by atoms with E-state index in [0.29, 0.717) is 11.4 Å². The summed E-state index contributed by atoms with van der Waals surface area (Å²) in [6.45, 7) is 1.14. The molecule has 20 heavy (non-hydrogen) atoms. The molecule has 0 N–H and O–H groups in total. The third kappa shape index (κ3) is 1.60. The lowest BCUT2D eigenvalue weighted by Crippen LogP contribution is -2.34. The molecule has 2 aliphatic heterocycles. The minimum atomic E-state index is -3.43. The second-order valence-electron chi connectivity index (χ2n) is 5.30. The first-order valence-electron chi connectivity index (χ1n) is 6.84. The molecule has 104 valence electrons. The first kappa shape index (κ1) is 12.2. The minimum Gasteiger partial charge on any atom is -0.376 e. The Hall–Kier alpha value is -1.59. The van der Waals surface area contributed by atoms with Crippen molar-refractivity contribution in [1.82, 2.24) is 0 Å². The molecular weight excluding hydrogens is 274 g/mol. The van der Waals surface area contributed by atoms with E-state index in [1.165, 1.54) is 4.31 Å². The molecular formula is C15H15NO3S. The van der Waals surface area contributed by atoms with Crippen LogP contribution in [-0.4, -0.2) is 27.7 Å². The second kappa shape index (κ2) is 4.20. The van der Waals surface area contributed by atoms with Crippen molar-refractivity contribution >= 4 is 26.5 Å². The van der Waals surface area contributed by atoms with E-state index in [9.17, 15) is 8.42 Å². The van der Waals surface area contributed by atoms with Gasteiger partial charge >= 0.3 is 0 Å². The van der Waals surface area contributed by atoms with Gasteiger partial charge in [-0.15, -0.1) is 0 Å². The maximum absolute atomic E-state index is 12.7. The summed E-state index contributed by atoms with van der Waals surface area (Å²) in [7, 11) is -3.43. The Bertz CT molecular complexity index is 774. The fourth-order valence-corrected chi connectivity index (χ4v) is 4.87. The monoisotopic (exact) mass is 289 g/mol. The number of hydrogen-bond acceptors (Lipinski definition) is 3. The molecule has 1 atom stereocenters. The zero-order valence-electron chi connectivity index (χ0n) is 11.0. The molecule has 1 saturated heterocycles. The quantitative estimate of drug-likeness (QED) is 0.853. The SMILES string of the molecule is O=S1(=O)c2cccc3cccc(c23)N1C[C@H]1CCCO1. The molecule has 0 saturated carbocycles. The van der Waals surface area contributed by atoms with Gasteiger partial charge in [0.2, 0.25) is 0 Å². The van der Waals surface area contributed by atoms with Crippen molar-refractivity contribution in [3.8, 4) is 0 Å². The van der Waals surface area contributed by atoms with Gasteiger partial charge < -0.3 is 4.74 Å². The van der Waals surface area contributed by atoms with E-state index < -0.39 is 10.0 Å². The Morgan fingerprint density at radius 2 is 2.00 bits per heavy atom. The Morgan fingerprint density at radius 3 is 2.75 bits per heavy atom. The predicted molar refractivity (Wildman–Crippen MR) is 77.5 cm³/mol. The molecule has 0 amide bonds. The zero-order chi connectivity index (χ0) is 13.7. The van der Waals surface area contributed by atoms with E-state index in [1.54, 1.807) is 12.1 Å². The Labute approximate surface area is 118 Å². The van der Waals surface area contributed by atoms with Gasteiger partial charge in [0.15, 0.2) is 0 Å². The number of hydrogen-bond donors (Lipinski definition) is 0. The van der Waals surface area contributed by atoms with Crippen LogP contribution in [0.2, 0.25) is 0 Å². The molecule has 4 nitrogen and oxygen atoms in total. The average Bonchev–Trinajstić information content (AvgIpc) is 3.02. The van der Waals surface area contributed by atoms with Crippen molar-refractivity contribution in [3.63, 3.8) is 0 Å². The number of ether oxygens (including phenoxy) is 1. The number of anilines is 1. The molecule has 0 bridgehead atoms. The van der Waals surface area contributed by atoms with Gasteiger partial charge in [-0.1, -0.05) is 24.3 Å². The summed E-state index contributed by atoms with van der Waals surface area (Å²) < 4.78 is 32.6. The second-order valence-corrected chi connectivity index (χ2v) is 7.13. The molecule has 2 aromatic rings. The van der Waals surface area contributed by atoms with Crippen LogP contribution >= 0.6 is 0 Å². The summed E-state index contributed by atoms with van der Waals surface area (Å²) in [5.74, 6) is 0. The van der Waals surface area contributed by atoms with E-state index in [4.69, 9.17) is 4.74 Å². The zero-order valence-corrected chi connectivity index (χ0v) is 11.8. The average molecular weight is 289 g/mol. The molecule has 0 spiro atoms. The lowest BCUT2D eigenvalue weighted by molar-refractivity contribution is 0.118. The number of benzene rings is 2. The van der Waals surface area contributed by atoms with Crippen LogP contribution in [-0.2, 0) is 14.8 Å². The van der Waals surface area contributed by atoms with E-state index in [0.717, 1.165) is 35.9 Å². The molecule has 0 radical (unpaired) electrons. The summed E-state index contributed by atoms with van der Waals surface area (Å²) in [5, 5.41) is 1.81. The first-order chi connectivity index (χ1) is 9.68. The molecule has 5 heteroatoms. The maximum atomic E-state index is 12.7. The van der Waals surface area contributed by atoms with Gasteiger partial charge in [0.1, 0.15) is 0 Å². The third-order valence-electron chi connectivity index (χ3n) is 4.07. The molecule has 1 fully saturated rings. The summed E-state index contributed by atoms with van der Waals surface area (Å²) in [5.41, 5.74) is 0.786. The van der Waals surface area contributed by atoms with Crippen LogP contribution in [0.4, 0.5) is 5.69 Å². The molecule has 0 aliphatic carbocycles. The summed E-state index contributed by atoms with van der Waals surface area (Å²) in [4.78, 5) is 0.420. The Morgan fingerprint density at radius 1 is 1.20 bits per heavy atom. The fraction of sp³-hybridized carbons (Fsp3) is 0.333. The van der Waals surface area contributed by atoms with Crippen LogP contribution in [0.25, 0.3) is 10.8 Å². The van der Waals surface area contributed by atoms with Crippen molar-refractivity contribution in [2.24, 2.45) is 0 Å². The smallest absolute Gasteiger partial charge is 0.265 e. The maximum Gasteiger partial charge on any atom is 0.265 e. The lowest BCUT2D eigenvalue weighted by Gasteiger charge is -2.22. The van der Waals surface area contributed by atoms with Crippen molar-refractivity contribution < 1.29 is 13.2 Å². The standard InChI is InChI=1S/C15H15NO3S/c17-20(18)14-8-2-5-11-4-1-7-13(15(11)14)16(20)10-12-6-3-9-19-12/h1-2,4-5,7-8,12H,3,6,9-10H2/t12-/m1/s1. The number of rotatable bonds is 2. The van der Waals surface area contributed by atoms with Gasteiger partial charge in [-0.3, -0.25) is 4.31 Å². The largest absolute Gasteiger partial charge is 0.376 e. The van der Waals surface area contributed by atoms with E-state index >= 15 is 0 Å². The van der Waals surface area contributed by atoms with Crippen LogP contribution in [0.5, 0.6) is 0 Å². The van der Waals surface area contributed by atoms with Crippen LogP contribution in [0.3, 0.4) is 0 Å². The predicted octanol–water partition coefficient (Wildman–Crippen LogP) is 2.53. The van der Waals surface area contributed by atoms with Gasteiger partial charge in [0, 0.05) is 12.0 Å². The van der Waals surface area contributed by atoms with E-state index in [2.05, 4.69) is 0 Å². The highest BCUT2D eigenvalue weighted by Crippen LogP contribution is 2.42. The minimum absolute atomic E-state index is 0.00865. The fourth-order valence-electron chi connectivity index (χ4n) is 3.13. The van der Waals surface area contributed by atoms with Gasteiger partial charge in [0.05, 0.1) is 23.2 Å². The normalized spacial score (nSPS) is 23.6. The number of sulfonamides is 1. The van der Waals surface area contributed by atoms with Crippen LogP contribution in [0.1, 0.15) is 12.8 Å². The van der Waals surface area contributed by atoms with Gasteiger partial charge in [-0.2, -0.15) is 0 Å². The van der Waals surface area contributed by atoms with E-state index in [1.807, 2.05) is 24.3 Å². The lowest BCUT2D eigenvalue weighted by atomic mass is 10.1. The van der Waals surface area contributed by atoms with Crippen molar-refractivity contribution in [2.75, 3.05) is 17.5 Å². The molecule has 2 aromatic carbocycles. The highest BCUT2D eigenvalue weighted by atomic mass is 32.2. The van der Waals surface area contributed by atoms with Crippen molar-refractivity contribution in [2.45, 2.75) is 23.8 Å². The molecule has 4 rings (SSSR count). The Kier molecular flexibility index (Phi) is 2.56. The molecule has 0 aromatic heterocycles. The summed E-state index contributed by atoms with van der Waals surface area (Å²) in [6, 6.07) is 11.2. The Balaban J connectivity index is 1.88. The van der Waals surface area contributed by atoms with Gasteiger partial charge in [0.25, 0.3) is 10.0 Å².